The first kappa shape index (κ1) is 22.4. The summed E-state index contributed by atoms with van der Waals surface area (Å²) in [4.78, 5) is 19.9. The zero-order valence-corrected chi connectivity index (χ0v) is 21.0. The van der Waals surface area contributed by atoms with Gasteiger partial charge in [0.15, 0.2) is 5.78 Å². The van der Waals surface area contributed by atoms with Gasteiger partial charge >= 0.3 is 0 Å². The molecule has 1 saturated carbocycles. The number of carbonyl (C=O) groups is 1. The highest BCUT2D eigenvalue weighted by Gasteiger charge is 2.40. The maximum absolute atomic E-state index is 13.9. The summed E-state index contributed by atoms with van der Waals surface area (Å²) in [5, 5.41) is 14.1. The molecule has 0 amide bonds. The first-order valence-electron chi connectivity index (χ1n) is 13.2. The van der Waals surface area contributed by atoms with Crippen molar-refractivity contribution in [3.8, 4) is 6.07 Å². The highest BCUT2D eigenvalue weighted by molar-refractivity contribution is 6.20. The van der Waals surface area contributed by atoms with Crippen LogP contribution in [0.4, 0.5) is 5.69 Å². The Kier molecular flexibility index (Phi) is 5.27. The van der Waals surface area contributed by atoms with Gasteiger partial charge in [-0.1, -0.05) is 33.3 Å². The van der Waals surface area contributed by atoms with E-state index < -0.39 is 0 Å². The predicted molar refractivity (Wildman–Crippen MR) is 140 cm³/mol. The van der Waals surface area contributed by atoms with E-state index in [2.05, 4.69) is 54.2 Å². The number of nitrogens with zero attached hydrogens (tertiary/aromatic N) is 2. The Morgan fingerprint density at radius 1 is 1.11 bits per heavy atom. The van der Waals surface area contributed by atoms with Crippen molar-refractivity contribution in [2.75, 3.05) is 18.0 Å². The molecule has 1 aliphatic heterocycles. The van der Waals surface area contributed by atoms with Crippen molar-refractivity contribution in [2.45, 2.75) is 76.8 Å². The fourth-order valence-corrected chi connectivity index (χ4v) is 6.35. The van der Waals surface area contributed by atoms with E-state index in [0.29, 0.717) is 11.6 Å². The number of aromatic amines is 1. The molecule has 0 atom stereocenters. The summed E-state index contributed by atoms with van der Waals surface area (Å²) < 4.78 is 0. The molecule has 5 heteroatoms. The number of benzene rings is 2. The zero-order valence-electron chi connectivity index (χ0n) is 21.0. The number of fused-ring (bicyclic) bond motifs is 4. The molecule has 5 nitrogen and oxygen atoms in total. The second-order valence-electron chi connectivity index (χ2n) is 11.1. The van der Waals surface area contributed by atoms with Crippen molar-refractivity contribution in [3.05, 3.63) is 63.8 Å². The zero-order chi connectivity index (χ0) is 24.3. The summed E-state index contributed by atoms with van der Waals surface area (Å²) in [6.07, 6.45) is 7.29. The minimum atomic E-state index is -0.338. The number of rotatable bonds is 4. The Hall–Kier alpha value is -3.10. The smallest absolute Gasteiger partial charge is 0.195 e. The van der Waals surface area contributed by atoms with Gasteiger partial charge in [0.1, 0.15) is 0 Å². The number of piperidine rings is 1. The van der Waals surface area contributed by atoms with Crippen LogP contribution in [0.15, 0.2) is 30.3 Å². The highest BCUT2D eigenvalue weighted by Crippen LogP contribution is 2.46. The molecule has 0 spiro atoms. The Balaban J connectivity index is 1.37. The number of anilines is 1. The van der Waals surface area contributed by atoms with E-state index >= 15 is 0 Å². The van der Waals surface area contributed by atoms with Gasteiger partial charge in [-0.3, -0.25) is 4.79 Å². The first-order chi connectivity index (χ1) is 16.9. The fourth-order valence-electron chi connectivity index (χ4n) is 6.35. The average molecular weight is 467 g/mol. The van der Waals surface area contributed by atoms with Gasteiger partial charge in [-0.05, 0) is 67.5 Å². The molecule has 2 aliphatic carbocycles. The maximum Gasteiger partial charge on any atom is 0.195 e. The van der Waals surface area contributed by atoms with Gasteiger partial charge in [0.05, 0.1) is 17.2 Å². The van der Waals surface area contributed by atoms with E-state index in [1.165, 1.54) is 43.4 Å². The monoisotopic (exact) mass is 466 g/mol. The minimum absolute atomic E-state index is 0.0925. The molecule has 2 heterocycles. The number of H-pyrrole nitrogens is 1. The van der Waals surface area contributed by atoms with Gasteiger partial charge in [-0.15, -0.1) is 0 Å². The molecule has 6 rings (SSSR count). The van der Waals surface area contributed by atoms with Gasteiger partial charge in [0, 0.05) is 58.4 Å². The lowest BCUT2D eigenvalue weighted by molar-refractivity contribution is 0.103. The lowest BCUT2D eigenvalue weighted by Gasteiger charge is -2.40. The number of carbonyl (C=O) groups excluding carboxylic acids is 1. The van der Waals surface area contributed by atoms with Gasteiger partial charge in [-0.2, -0.15) is 5.26 Å². The fraction of sp³-hybridized carbons (Fsp3) is 0.467. The van der Waals surface area contributed by atoms with Crippen LogP contribution in [0.5, 0.6) is 0 Å². The summed E-state index contributed by atoms with van der Waals surface area (Å²) in [6.45, 7) is 8.72. The van der Waals surface area contributed by atoms with Crippen LogP contribution < -0.4 is 10.2 Å². The van der Waals surface area contributed by atoms with Gasteiger partial charge in [-0.25, -0.2) is 0 Å². The molecule has 35 heavy (non-hydrogen) atoms. The lowest BCUT2D eigenvalue weighted by atomic mass is 9.70. The molecule has 3 aromatic rings. The van der Waals surface area contributed by atoms with Crippen molar-refractivity contribution in [1.29, 1.82) is 5.26 Å². The normalized spacial score (nSPS) is 19.8. The number of nitrogens with one attached hydrogen (secondary N) is 2. The van der Waals surface area contributed by atoms with E-state index in [-0.39, 0.29) is 11.2 Å². The van der Waals surface area contributed by atoms with Crippen LogP contribution in [-0.4, -0.2) is 35.9 Å². The van der Waals surface area contributed by atoms with E-state index in [0.717, 1.165) is 58.8 Å². The maximum atomic E-state index is 13.9. The van der Waals surface area contributed by atoms with Crippen LogP contribution >= 0.6 is 0 Å². The largest absolute Gasteiger partial charge is 0.371 e. The van der Waals surface area contributed by atoms with E-state index in [9.17, 15) is 10.1 Å². The Bertz CT molecular complexity index is 1360. The summed E-state index contributed by atoms with van der Waals surface area (Å²) >= 11 is 0. The summed E-state index contributed by atoms with van der Waals surface area (Å²) in [7, 11) is 0. The topological polar surface area (TPSA) is 71.9 Å². The summed E-state index contributed by atoms with van der Waals surface area (Å²) in [6, 6.07) is 13.6. The van der Waals surface area contributed by atoms with Crippen LogP contribution in [-0.2, 0) is 11.8 Å². The molecule has 0 radical (unpaired) electrons. The van der Waals surface area contributed by atoms with Crippen molar-refractivity contribution in [2.24, 2.45) is 0 Å². The molecule has 3 aliphatic rings. The molecule has 2 fully saturated rings. The third-order valence-electron chi connectivity index (χ3n) is 8.71. The minimum Gasteiger partial charge on any atom is -0.371 e. The molecule has 2 N–H and O–H groups in total. The van der Waals surface area contributed by atoms with E-state index in [1.54, 1.807) is 6.07 Å². The Morgan fingerprint density at radius 2 is 1.86 bits per heavy atom. The molecule has 0 unspecified atom stereocenters. The van der Waals surface area contributed by atoms with Crippen LogP contribution in [0.3, 0.4) is 0 Å². The van der Waals surface area contributed by atoms with Gasteiger partial charge in [0.25, 0.3) is 0 Å². The van der Waals surface area contributed by atoms with Gasteiger partial charge in [0.2, 0.25) is 0 Å². The molecular weight excluding hydrogens is 432 g/mol. The lowest BCUT2D eigenvalue weighted by Crippen LogP contribution is -2.48. The van der Waals surface area contributed by atoms with Crippen molar-refractivity contribution < 1.29 is 4.79 Å². The van der Waals surface area contributed by atoms with E-state index in [1.807, 2.05) is 12.1 Å². The van der Waals surface area contributed by atoms with Crippen molar-refractivity contribution in [3.63, 3.8) is 0 Å². The number of nitriles is 1. The quantitative estimate of drug-likeness (QED) is 0.526. The number of hydrogen-bond donors (Lipinski definition) is 2. The number of aromatic nitrogens is 1. The summed E-state index contributed by atoms with van der Waals surface area (Å²) in [5.74, 6) is 0.0925. The number of ketones is 1. The second kappa shape index (κ2) is 8.24. The molecule has 1 aromatic heterocycles. The van der Waals surface area contributed by atoms with E-state index in [4.69, 9.17) is 0 Å². The first-order valence-corrected chi connectivity index (χ1v) is 13.2. The molecule has 1 saturated heterocycles. The summed E-state index contributed by atoms with van der Waals surface area (Å²) in [5.41, 5.74) is 7.33. The Morgan fingerprint density at radius 3 is 2.51 bits per heavy atom. The molecule has 180 valence electrons. The van der Waals surface area contributed by atoms with Crippen LogP contribution in [0, 0.1) is 11.3 Å². The van der Waals surface area contributed by atoms with Gasteiger partial charge < -0.3 is 15.2 Å². The third-order valence-corrected chi connectivity index (χ3v) is 8.71. The highest BCUT2D eigenvalue weighted by atomic mass is 16.1. The number of hydrogen-bond acceptors (Lipinski definition) is 4. The number of aryl methyl sites for hydroxylation is 1. The predicted octanol–water partition coefficient (Wildman–Crippen LogP) is 5.58. The SMILES string of the molecule is CCc1cc2c(cc1N1CCC(NC3CCC3)CC1)C(C)(C)c1[nH]c3cc(C#N)ccc3c1C2=O. The Labute approximate surface area is 207 Å². The molecule has 0 bridgehead atoms. The standard InChI is InChI=1S/C30H34N4O/c1-4-19-15-23-24(16-26(19)34-12-10-21(11-13-34)32-20-6-5-7-20)30(2,3)29-27(28(23)35)22-9-8-18(17-31)14-25(22)33-29/h8-9,14-16,20-21,32-33H,4-7,10-13H2,1-3H3. The van der Waals surface area contributed by atoms with Crippen LogP contribution in [0.1, 0.15) is 91.2 Å². The average Bonchev–Trinajstić information content (AvgIpc) is 3.24. The van der Waals surface area contributed by atoms with Crippen LogP contribution in [0.2, 0.25) is 0 Å². The van der Waals surface area contributed by atoms with Crippen LogP contribution in [0.25, 0.3) is 10.9 Å². The second-order valence-corrected chi connectivity index (χ2v) is 11.1. The molecular formula is C30H34N4O. The molecule has 2 aromatic carbocycles. The van der Waals surface area contributed by atoms with Crippen molar-refractivity contribution >= 4 is 22.4 Å². The van der Waals surface area contributed by atoms with Crippen molar-refractivity contribution in [1.82, 2.24) is 10.3 Å². The third kappa shape index (κ3) is 3.50.